The lowest BCUT2D eigenvalue weighted by Gasteiger charge is -2.17. The van der Waals surface area contributed by atoms with Gasteiger partial charge in [0.1, 0.15) is 18.1 Å². The Hall–Kier alpha value is -2.03. The molecule has 0 amide bonds. The first-order chi connectivity index (χ1) is 9.49. The predicted octanol–water partition coefficient (Wildman–Crippen LogP) is 3.97. The van der Waals surface area contributed by atoms with E-state index in [-0.39, 0.29) is 5.41 Å². The second-order valence-corrected chi connectivity index (χ2v) is 5.77. The highest BCUT2D eigenvalue weighted by Crippen LogP contribution is 2.22. The van der Waals surface area contributed by atoms with Crippen molar-refractivity contribution in [3.8, 4) is 11.5 Å². The summed E-state index contributed by atoms with van der Waals surface area (Å²) < 4.78 is 10.9. The molecular formula is C17H21NO2. The standard InChI is InChI=1S/C17H21NO2/c1-17(2,3)16-9-8-15(11-18-16)20-12-13-6-5-7-14(10-13)19-4/h5-11H,12H2,1-4H3. The van der Waals surface area contributed by atoms with Gasteiger partial charge in [0.2, 0.25) is 0 Å². The first kappa shape index (κ1) is 14.4. The molecule has 2 aromatic rings. The van der Waals surface area contributed by atoms with Crippen molar-refractivity contribution in [1.29, 1.82) is 0 Å². The van der Waals surface area contributed by atoms with Crippen molar-refractivity contribution in [2.45, 2.75) is 32.8 Å². The summed E-state index contributed by atoms with van der Waals surface area (Å²) in [7, 11) is 1.66. The molecule has 0 atom stereocenters. The number of hydrogen-bond donors (Lipinski definition) is 0. The van der Waals surface area contributed by atoms with Gasteiger partial charge < -0.3 is 9.47 Å². The van der Waals surface area contributed by atoms with Crippen molar-refractivity contribution in [1.82, 2.24) is 4.98 Å². The van der Waals surface area contributed by atoms with Crippen LogP contribution in [-0.2, 0) is 12.0 Å². The van der Waals surface area contributed by atoms with Crippen LogP contribution in [0.5, 0.6) is 11.5 Å². The molecule has 0 aliphatic heterocycles. The van der Waals surface area contributed by atoms with Crippen LogP contribution in [0.4, 0.5) is 0 Å². The van der Waals surface area contributed by atoms with Gasteiger partial charge in [-0.2, -0.15) is 0 Å². The van der Waals surface area contributed by atoms with E-state index < -0.39 is 0 Å². The zero-order valence-electron chi connectivity index (χ0n) is 12.5. The lowest BCUT2D eigenvalue weighted by atomic mass is 9.92. The van der Waals surface area contributed by atoms with E-state index >= 15 is 0 Å². The summed E-state index contributed by atoms with van der Waals surface area (Å²) in [6, 6.07) is 11.8. The monoisotopic (exact) mass is 271 g/mol. The minimum atomic E-state index is 0.0608. The van der Waals surface area contributed by atoms with Crippen LogP contribution < -0.4 is 9.47 Å². The van der Waals surface area contributed by atoms with Crippen LogP contribution in [0.15, 0.2) is 42.6 Å². The quantitative estimate of drug-likeness (QED) is 0.843. The van der Waals surface area contributed by atoms with E-state index in [1.54, 1.807) is 13.3 Å². The normalized spacial score (nSPS) is 11.2. The van der Waals surface area contributed by atoms with Crippen LogP contribution in [-0.4, -0.2) is 12.1 Å². The average Bonchev–Trinajstić information content (AvgIpc) is 2.45. The number of rotatable bonds is 4. The van der Waals surface area contributed by atoms with Crippen LogP contribution in [0.1, 0.15) is 32.0 Å². The molecule has 0 unspecified atom stereocenters. The summed E-state index contributed by atoms with van der Waals surface area (Å²) in [4.78, 5) is 4.45. The van der Waals surface area contributed by atoms with Crippen LogP contribution >= 0.6 is 0 Å². The molecule has 0 spiro atoms. The largest absolute Gasteiger partial charge is 0.497 e. The molecule has 106 valence electrons. The van der Waals surface area contributed by atoms with Crippen molar-refractivity contribution in [2.24, 2.45) is 0 Å². The van der Waals surface area contributed by atoms with Crippen LogP contribution in [0, 0.1) is 0 Å². The molecule has 20 heavy (non-hydrogen) atoms. The SMILES string of the molecule is COc1cccc(COc2ccc(C(C)(C)C)nc2)c1. The van der Waals surface area contributed by atoms with Gasteiger partial charge in [0.15, 0.2) is 0 Å². The third-order valence-corrected chi connectivity index (χ3v) is 3.04. The van der Waals surface area contributed by atoms with E-state index in [9.17, 15) is 0 Å². The third kappa shape index (κ3) is 3.73. The van der Waals surface area contributed by atoms with Crippen LogP contribution in [0.25, 0.3) is 0 Å². The molecule has 0 radical (unpaired) electrons. The lowest BCUT2D eigenvalue weighted by molar-refractivity contribution is 0.303. The molecule has 0 saturated carbocycles. The zero-order chi connectivity index (χ0) is 14.6. The summed E-state index contributed by atoms with van der Waals surface area (Å²) in [6.45, 7) is 6.94. The summed E-state index contributed by atoms with van der Waals surface area (Å²) in [6.07, 6.45) is 1.78. The number of hydrogen-bond acceptors (Lipinski definition) is 3. The first-order valence-corrected chi connectivity index (χ1v) is 6.71. The topological polar surface area (TPSA) is 31.4 Å². The molecule has 2 rings (SSSR count). The minimum absolute atomic E-state index is 0.0608. The molecule has 0 saturated heterocycles. The molecule has 0 bridgehead atoms. The predicted molar refractivity (Wildman–Crippen MR) is 80.3 cm³/mol. The van der Waals surface area contributed by atoms with Crippen molar-refractivity contribution in [3.63, 3.8) is 0 Å². The maximum absolute atomic E-state index is 5.74. The van der Waals surface area contributed by atoms with Gasteiger partial charge in [-0.25, -0.2) is 0 Å². The fraction of sp³-hybridized carbons (Fsp3) is 0.353. The second kappa shape index (κ2) is 5.95. The summed E-state index contributed by atoms with van der Waals surface area (Å²) in [5.74, 6) is 1.62. The molecule has 3 nitrogen and oxygen atoms in total. The summed E-state index contributed by atoms with van der Waals surface area (Å²) in [5.41, 5.74) is 2.20. The highest BCUT2D eigenvalue weighted by atomic mass is 16.5. The second-order valence-electron chi connectivity index (χ2n) is 5.77. The first-order valence-electron chi connectivity index (χ1n) is 6.71. The fourth-order valence-electron chi connectivity index (χ4n) is 1.84. The summed E-state index contributed by atoms with van der Waals surface area (Å²) >= 11 is 0. The Morgan fingerprint density at radius 1 is 1.05 bits per heavy atom. The van der Waals surface area contributed by atoms with Crippen molar-refractivity contribution >= 4 is 0 Å². The van der Waals surface area contributed by atoms with E-state index in [1.165, 1.54) is 0 Å². The number of ether oxygens (including phenoxy) is 2. The van der Waals surface area contributed by atoms with Crippen LogP contribution in [0.2, 0.25) is 0 Å². The highest BCUT2D eigenvalue weighted by molar-refractivity contribution is 5.29. The number of nitrogens with zero attached hydrogens (tertiary/aromatic N) is 1. The Bertz CT molecular complexity index is 556. The number of methoxy groups -OCH3 is 1. The lowest BCUT2D eigenvalue weighted by Crippen LogP contribution is -2.13. The molecule has 1 heterocycles. The molecule has 1 aromatic carbocycles. The molecule has 0 aliphatic rings. The van der Waals surface area contributed by atoms with E-state index in [2.05, 4.69) is 25.8 Å². The number of aromatic nitrogens is 1. The number of benzene rings is 1. The Morgan fingerprint density at radius 2 is 1.85 bits per heavy atom. The Balaban J connectivity index is 2.00. The van der Waals surface area contributed by atoms with Gasteiger partial charge in [0.25, 0.3) is 0 Å². The highest BCUT2D eigenvalue weighted by Gasteiger charge is 2.14. The van der Waals surface area contributed by atoms with Gasteiger partial charge in [0.05, 0.1) is 13.3 Å². The van der Waals surface area contributed by atoms with Gasteiger partial charge in [0, 0.05) is 11.1 Å². The van der Waals surface area contributed by atoms with Gasteiger partial charge in [-0.3, -0.25) is 4.98 Å². The molecular weight excluding hydrogens is 250 g/mol. The Labute approximate surface area is 120 Å². The van der Waals surface area contributed by atoms with Crippen molar-refractivity contribution in [3.05, 3.63) is 53.9 Å². The van der Waals surface area contributed by atoms with Gasteiger partial charge in [-0.05, 0) is 29.8 Å². The smallest absolute Gasteiger partial charge is 0.138 e. The van der Waals surface area contributed by atoms with E-state index in [0.717, 1.165) is 22.8 Å². The van der Waals surface area contributed by atoms with E-state index in [0.29, 0.717) is 6.61 Å². The van der Waals surface area contributed by atoms with E-state index in [1.807, 2.05) is 36.4 Å². The van der Waals surface area contributed by atoms with E-state index in [4.69, 9.17) is 9.47 Å². The average molecular weight is 271 g/mol. The minimum Gasteiger partial charge on any atom is -0.497 e. The molecule has 3 heteroatoms. The summed E-state index contributed by atoms with van der Waals surface area (Å²) in [5, 5.41) is 0. The third-order valence-electron chi connectivity index (χ3n) is 3.04. The number of pyridine rings is 1. The molecule has 0 N–H and O–H groups in total. The molecule has 0 aliphatic carbocycles. The maximum atomic E-state index is 5.74. The van der Waals surface area contributed by atoms with Gasteiger partial charge in [-0.1, -0.05) is 32.9 Å². The molecule has 1 aromatic heterocycles. The van der Waals surface area contributed by atoms with Gasteiger partial charge in [-0.15, -0.1) is 0 Å². The maximum Gasteiger partial charge on any atom is 0.138 e. The zero-order valence-corrected chi connectivity index (χ0v) is 12.5. The Kier molecular flexibility index (Phi) is 4.28. The Morgan fingerprint density at radius 3 is 2.45 bits per heavy atom. The van der Waals surface area contributed by atoms with Crippen molar-refractivity contribution < 1.29 is 9.47 Å². The molecule has 0 fully saturated rings. The van der Waals surface area contributed by atoms with Crippen LogP contribution in [0.3, 0.4) is 0 Å². The van der Waals surface area contributed by atoms with Gasteiger partial charge >= 0.3 is 0 Å². The fourth-order valence-corrected chi connectivity index (χ4v) is 1.84. The van der Waals surface area contributed by atoms with Crippen molar-refractivity contribution in [2.75, 3.05) is 7.11 Å².